The molecule has 0 atom stereocenters. The maximum Gasteiger partial charge on any atom is 0.188 e. The summed E-state index contributed by atoms with van der Waals surface area (Å²) in [4.78, 5) is 6.82. The van der Waals surface area contributed by atoms with Crippen molar-refractivity contribution in [1.29, 1.82) is 0 Å². The van der Waals surface area contributed by atoms with E-state index >= 15 is 0 Å². The number of aryl methyl sites for hydroxylation is 1. The third-order valence-electron chi connectivity index (χ3n) is 4.43. The molecule has 0 saturated carbocycles. The summed E-state index contributed by atoms with van der Waals surface area (Å²) < 4.78 is 16.0. The number of nitrogens with two attached hydrogens (primary N) is 1. The molecule has 1 saturated heterocycles. The zero-order valence-electron chi connectivity index (χ0n) is 16.4. The molecule has 7 nitrogen and oxygen atoms in total. The molecular formula is C19H33IN4O3. The highest BCUT2D eigenvalue weighted by molar-refractivity contribution is 14.0. The zero-order chi connectivity index (χ0) is 18.6. The molecule has 1 aromatic rings. The van der Waals surface area contributed by atoms with Gasteiger partial charge >= 0.3 is 0 Å². The van der Waals surface area contributed by atoms with Gasteiger partial charge in [-0.15, -0.1) is 24.0 Å². The number of benzene rings is 1. The minimum atomic E-state index is 0. The Morgan fingerprint density at radius 2 is 2.00 bits per heavy atom. The van der Waals surface area contributed by atoms with E-state index in [0.29, 0.717) is 12.5 Å². The van der Waals surface area contributed by atoms with Crippen molar-refractivity contribution < 1.29 is 14.2 Å². The standard InChI is InChI=1S/C19H32N4O3.HI/c1-24-17-6-7-18(25-2)16(15-17)5-3-8-21-19(20)22-9-4-10-23-11-13-26-14-12-23;/h6-7,15H,3-5,8-14H2,1-2H3,(H3,20,21,22);1H. The minimum Gasteiger partial charge on any atom is -0.497 e. The van der Waals surface area contributed by atoms with E-state index in [-0.39, 0.29) is 24.0 Å². The highest BCUT2D eigenvalue weighted by Crippen LogP contribution is 2.25. The summed E-state index contributed by atoms with van der Waals surface area (Å²) in [5.41, 5.74) is 7.06. The van der Waals surface area contributed by atoms with Crippen molar-refractivity contribution in [2.75, 3.05) is 60.2 Å². The lowest BCUT2D eigenvalue weighted by Gasteiger charge is -2.26. The first kappa shape index (κ1) is 23.8. The lowest BCUT2D eigenvalue weighted by Crippen LogP contribution is -2.39. The summed E-state index contributed by atoms with van der Waals surface area (Å²) in [7, 11) is 3.35. The molecule has 1 aliphatic heterocycles. The molecule has 1 fully saturated rings. The number of methoxy groups -OCH3 is 2. The Balaban J connectivity index is 0.00000364. The van der Waals surface area contributed by atoms with Crippen LogP contribution >= 0.6 is 24.0 Å². The van der Waals surface area contributed by atoms with Gasteiger partial charge in [-0.25, -0.2) is 0 Å². The summed E-state index contributed by atoms with van der Waals surface area (Å²) in [5, 5.41) is 3.19. The SMILES string of the molecule is COc1ccc(OC)c(CCCN=C(N)NCCCN2CCOCC2)c1.I. The largest absolute Gasteiger partial charge is 0.497 e. The first-order valence-electron chi connectivity index (χ1n) is 9.27. The topological polar surface area (TPSA) is 81.3 Å². The molecule has 0 bridgehead atoms. The number of guanidine groups is 1. The van der Waals surface area contributed by atoms with Gasteiger partial charge in [-0.2, -0.15) is 0 Å². The molecule has 0 aromatic heterocycles. The Hall–Kier alpha value is -1.26. The van der Waals surface area contributed by atoms with Crippen molar-refractivity contribution in [1.82, 2.24) is 10.2 Å². The second kappa shape index (κ2) is 13.8. The van der Waals surface area contributed by atoms with E-state index in [1.807, 2.05) is 18.2 Å². The second-order valence-electron chi connectivity index (χ2n) is 6.28. The van der Waals surface area contributed by atoms with Crippen LogP contribution in [-0.2, 0) is 11.2 Å². The van der Waals surface area contributed by atoms with Gasteiger partial charge in [-0.1, -0.05) is 0 Å². The van der Waals surface area contributed by atoms with E-state index in [9.17, 15) is 0 Å². The van der Waals surface area contributed by atoms with Gasteiger partial charge in [0.1, 0.15) is 11.5 Å². The first-order valence-corrected chi connectivity index (χ1v) is 9.27. The number of halogens is 1. The van der Waals surface area contributed by atoms with Gasteiger partial charge in [-0.05, 0) is 49.6 Å². The molecule has 0 aliphatic carbocycles. The lowest BCUT2D eigenvalue weighted by molar-refractivity contribution is 0.0376. The Kier molecular flexibility index (Phi) is 12.2. The Labute approximate surface area is 179 Å². The number of hydrogen-bond acceptors (Lipinski definition) is 5. The van der Waals surface area contributed by atoms with Crippen molar-refractivity contribution in [2.45, 2.75) is 19.3 Å². The van der Waals surface area contributed by atoms with Crippen molar-refractivity contribution in [2.24, 2.45) is 10.7 Å². The number of aliphatic imine (C=N–C) groups is 1. The van der Waals surface area contributed by atoms with Gasteiger partial charge in [0.05, 0.1) is 27.4 Å². The molecule has 154 valence electrons. The molecule has 1 aliphatic rings. The van der Waals surface area contributed by atoms with E-state index in [0.717, 1.165) is 75.7 Å². The molecule has 0 unspecified atom stereocenters. The molecule has 2 rings (SSSR count). The van der Waals surface area contributed by atoms with Crippen molar-refractivity contribution in [3.8, 4) is 11.5 Å². The summed E-state index contributed by atoms with van der Waals surface area (Å²) >= 11 is 0. The molecule has 0 radical (unpaired) electrons. The minimum absolute atomic E-state index is 0. The van der Waals surface area contributed by atoms with Gasteiger partial charge in [0.2, 0.25) is 0 Å². The highest BCUT2D eigenvalue weighted by Gasteiger charge is 2.09. The first-order chi connectivity index (χ1) is 12.7. The van der Waals surface area contributed by atoms with E-state index < -0.39 is 0 Å². The van der Waals surface area contributed by atoms with Crippen LogP contribution < -0.4 is 20.5 Å². The molecular weight excluding hydrogens is 459 g/mol. The zero-order valence-corrected chi connectivity index (χ0v) is 18.7. The van der Waals surface area contributed by atoms with Crippen molar-refractivity contribution in [3.05, 3.63) is 23.8 Å². The molecule has 3 N–H and O–H groups in total. The maximum atomic E-state index is 5.93. The van der Waals surface area contributed by atoms with Gasteiger partial charge < -0.3 is 25.3 Å². The fraction of sp³-hybridized carbons (Fsp3) is 0.632. The Morgan fingerprint density at radius 1 is 1.22 bits per heavy atom. The molecule has 0 spiro atoms. The van der Waals surface area contributed by atoms with Crippen LogP contribution in [0.2, 0.25) is 0 Å². The third kappa shape index (κ3) is 8.98. The average molecular weight is 492 g/mol. The van der Waals surface area contributed by atoms with E-state index in [1.54, 1.807) is 14.2 Å². The van der Waals surface area contributed by atoms with E-state index in [2.05, 4.69) is 15.2 Å². The Bertz CT molecular complexity index is 566. The summed E-state index contributed by atoms with van der Waals surface area (Å²) in [6, 6.07) is 5.84. The summed E-state index contributed by atoms with van der Waals surface area (Å²) in [6.07, 6.45) is 2.82. The molecule has 1 aromatic carbocycles. The number of nitrogens with zero attached hydrogens (tertiary/aromatic N) is 2. The van der Waals surface area contributed by atoms with E-state index in [4.69, 9.17) is 19.9 Å². The summed E-state index contributed by atoms with van der Waals surface area (Å²) in [6.45, 7) is 6.33. The predicted molar refractivity (Wildman–Crippen MR) is 120 cm³/mol. The van der Waals surface area contributed by atoms with Gasteiger partial charge in [-0.3, -0.25) is 9.89 Å². The molecule has 27 heavy (non-hydrogen) atoms. The molecule has 0 amide bonds. The normalized spacial score (nSPS) is 15.1. The Morgan fingerprint density at radius 3 is 2.70 bits per heavy atom. The van der Waals surface area contributed by atoms with Gasteiger partial charge in [0, 0.05) is 26.2 Å². The van der Waals surface area contributed by atoms with Gasteiger partial charge in [0.25, 0.3) is 0 Å². The second-order valence-corrected chi connectivity index (χ2v) is 6.28. The van der Waals surface area contributed by atoms with Crippen LogP contribution in [0.15, 0.2) is 23.2 Å². The number of rotatable bonds is 10. The van der Waals surface area contributed by atoms with Crippen LogP contribution in [0, 0.1) is 0 Å². The molecule has 8 heteroatoms. The fourth-order valence-corrected chi connectivity index (χ4v) is 2.95. The average Bonchev–Trinajstić information content (AvgIpc) is 2.69. The maximum absolute atomic E-state index is 5.93. The highest BCUT2D eigenvalue weighted by atomic mass is 127. The predicted octanol–water partition coefficient (Wildman–Crippen LogP) is 1.88. The van der Waals surface area contributed by atoms with Crippen LogP contribution in [0.3, 0.4) is 0 Å². The van der Waals surface area contributed by atoms with Crippen molar-refractivity contribution in [3.63, 3.8) is 0 Å². The van der Waals surface area contributed by atoms with Gasteiger partial charge in [0.15, 0.2) is 5.96 Å². The van der Waals surface area contributed by atoms with Crippen molar-refractivity contribution >= 4 is 29.9 Å². The van der Waals surface area contributed by atoms with E-state index in [1.165, 1.54) is 0 Å². The quantitative estimate of drug-likeness (QED) is 0.225. The number of hydrogen-bond donors (Lipinski definition) is 2. The fourth-order valence-electron chi connectivity index (χ4n) is 2.95. The summed E-state index contributed by atoms with van der Waals surface area (Å²) in [5.74, 6) is 2.24. The van der Waals surface area contributed by atoms with Crippen LogP contribution in [-0.4, -0.2) is 71.0 Å². The number of nitrogens with one attached hydrogen (secondary N) is 1. The lowest BCUT2D eigenvalue weighted by atomic mass is 10.1. The molecule has 1 heterocycles. The van der Waals surface area contributed by atoms with Crippen LogP contribution in [0.1, 0.15) is 18.4 Å². The third-order valence-corrected chi connectivity index (χ3v) is 4.43. The smallest absolute Gasteiger partial charge is 0.188 e. The number of morpholine rings is 1. The van der Waals surface area contributed by atoms with Crippen LogP contribution in [0.5, 0.6) is 11.5 Å². The monoisotopic (exact) mass is 492 g/mol. The number of ether oxygens (including phenoxy) is 3. The van der Waals surface area contributed by atoms with Crippen LogP contribution in [0.4, 0.5) is 0 Å². The van der Waals surface area contributed by atoms with Crippen LogP contribution in [0.25, 0.3) is 0 Å².